The molecule has 0 fully saturated rings. The van der Waals surface area contributed by atoms with Crippen molar-refractivity contribution in [2.24, 2.45) is 12.0 Å². The zero-order valence-corrected chi connectivity index (χ0v) is 19.2. The Bertz CT molecular complexity index is 723. The zero-order valence-electron chi connectivity index (χ0n) is 16.8. The summed E-state index contributed by atoms with van der Waals surface area (Å²) in [4.78, 5) is 8.71. The molecule has 2 aromatic rings. The van der Waals surface area contributed by atoms with Gasteiger partial charge in [-0.3, -0.25) is 4.68 Å². The summed E-state index contributed by atoms with van der Waals surface area (Å²) in [5.41, 5.74) is 1.26. The number of nitrogens with one attached hydrogen (secondary N) is 2. The monoisotopic (exact) mass is 486 g/mol. The van der Waals surface area contributed by atoms with Gasteiger partial charge in [0.05, 0.1) is 6.54 Å². The van der Waals surface area contributed by atoms with Crippen molar-refractivity contribution < 1.29 is 4.74 Å². The number of benzene rings is 1. The van der Waals surface area contributed by atoms with E-state index in [-0.39, 0.29) is 29.4 Å². The maximum absolute atomic E-state index is 5.99. The molecule has 0 aliphatic heterocycles. The van der Waals surface area contributed by atoms with Crippen molar-refractivity contribution in [2.75, 3.05) is 19.7 Å². The van der Waals surface area contributed by atoms with Gasteiger partial charge in [-0.05, 0) is 24.0 Å². The minimum atomic E-state index is 0. The molecule has 7 nitrogen and oxygen atoms in total. The van der Waals surface area contributed by atoms with Crippen molar-refractivity contribution in [3.05, 3.63) is 42.0 Å². The maximum atomic E-state index is 5.99. The molecule has 150 valence electrons. The fraction of sp³-hybridized carbons (Fsp3) is 0.526. The van der Waals surface area contributed by atoms with Gasteiger partial charge in [0.1, 0.15) is 31.1 Å². The fourth-order valence-corrected chi connectivity index (χ4v) is 2.50. The Hall–Kier alpha value is -1.84. The van der Waals surface area contributed by atoms with Gasteiger partial charge in [-0.15, -0.1) is 24.0 Å². The number of rotatable bonds is 7. The van der Waals surface area contributed by atoms with Gasteiger partial charge in [-0.2, -0.15) is 5.10 Å². The average Bonchev–Trinajstić information content (AvgIpc) is 3.01. The van der Waals surface area contributed by atoms with Gasteiger partial charge >= 0.3 is 0 Å². The average molecular weight is 486 g/mol. The Labute approximate surface area is 179 Å². The van der Waals surface area contributed by atoms with E-state index in [2.05, 4.69) is 52.5 Å². The summed E-state index contributed by atoms with van der Waals surface area (Å²) in [6, 6.07) is 8.20. The predicted molar refractivity (Wildman–Crippen MR) is 120 cm³/mol. The smallest absolute Gasteiger partial charge is 0.191 e. The second kappa shape index (κ2) is 11.1. The van der Waals surface area contributed by atoms with Crippen molar-refractivity contribution in [3.63, 3.8) is 0 Å². The highest BCUT2D eigenvalue weighted by molar-refractivity contribution is 14.0. The second-order valence-corrected chi connectivity index (χ2v) is 7.02. The lowest BCUT2D eigenvalue weighted by Gasteiger charge is -2.22. The van der Waals surface area contributed by atoms with Crippen LogP contribution < -0.4 is 15.4 Å². The summed E-state index contributed by atoms with van der Waals surface area (Å²) >= 11 is 0. The maximum Gasteiger partial charge on any atom is 0.191 e. The third-order valence-electron chi connectivity index (χ3n) is 3.88. The number of ether oxygens (including phenoxy) is 1. The largest absolute Gasteiger partial charge is 0.491 e. The van der Waals surface area contributed by atoms with Gasteiger partial charge in [0.15, 0.2) is 5.96 Å². The number of hydrogen-bond donors (Lipinski definition) is 2. The number of hydrogen-bond acceptors (Lipinski definition) is 4. The van der Waals surface area contributed by atoms with E-state index in [4.69, 9.17) is 4.74 Å². The van der Waals surface area contributed by atoms with Gasteiger partial charge in [0, 0.05) is 13.6 Å². The van der Waals surface area contributed by atoms with Gasteiger partial charge in [0.2, 0.25) is 0 Å². The molecule has 0 unspecified atom stereocenters. The lowest BCUT2D eigenvalue weighted by atomic mass is 9.86. The molecule has 1 aromatic carbocycles. The van der Waals surface area contributed by atoms with Gasteiger partial charge in [-0.1, -0.05) is 39.0 Å². The van der Waals surface area contributed by atoms with Crippen LogP contribution in [0.5, 0.6) is 5.75 Å². The van der Waals surface area contributed by atoms with Crippen molar-refractivity contribution in [1.82, 2.24) is 25.4 Å². The molecule has 1 heterocycles. The molecule has 0 bridgehead atoms. The molecule has 27 heavy (non-hydrogen) atoms. The number of aromatic nitrogens is 3. The number of guanidine groups is 1. The molecule has 0 amide bonds. The molecule has 0 spiro atoms. The Kier molecular flexibility index (Phi) is 9.54. The van der Waals surface area contributed by atoms with E-state index in [1.165, 1.54) is 11.9 Å². The van der Waals surface area contributed by atoms with E-state index in [9.17, 15) is 0 Å². The van der Waals surface area contributed by atoms with Gasteiger partial charge in [-0.25, -0.2) is 9.98 Å². The van der Waals surface area contributed by atoms with E-state index in [1.54, 1.807) is 4.68 Å². The third kappa shape index (κ3) is 7.36. The number of para-hydroxylation sites is 1. The topological polar surface area (TPSA) is 76.4 Å². The minimum absolute atomic E-state index is 0. The first kappa shape index (κ1) is 23.2. The van der Waals surface area contributed by atoms with Crippen molar-refractivity contribution >= 4 is 29.9 Å². The first-order valence-electron chi connectivity index (χ1n) is 8.99. The van der Waals surface area contributed by atoms with Crippen LogP contribution in [0.4, 0.5) is 0 Å². The molecule has 0 saturated carbocycles. The van der Waals surface area contributed by atoms with Crippen LogP contribution in [0.3, 0.4) is 0 Å². The summed E-state index contributed by atoms with van der Waals surface area (Å²) in [5, 5.41) is 10.6. The van der Waals surface area contributed by atoms with Crippen molar-refractivity contribution in [3.8, 4) is 5.75 Å². The summed E-state index contributed by atoms with van der Waals surface area (Å²) in [7, 11) is 1.86. The molecule has 0 radical (unpaired) electrons. The van der Waals surface area contributed by atoms with Crippen molar-refractivity contribution in [2.45, 2.75) is 39.7 Å². The first-order valence-corrected chi connectivity index (χ1v) is 8.99. The number of aryl methyl sites for hydroxylation is 1. The first-order chi connectivity index (χ1) is 12.4. The zero-order chi connectivity index (χ0) is 19.0. The Balaban J connectivity index is 0.00000364. The molecule has 2 rings (SSSR count). The normalized spacial score (nSPS) is 11.7. The highest BCUT2D eigenvalue weighted by Crippen LogP contribution is 2.30. The highest BCUT2D eigenvalue weighted by Gasteiger charge is 2.18. The van der Waals surface area contributed by atoms with Crippen LogP contribution in [0.25, 0.3) is 0 Å². The standard InChI is InChI=1S/C19H30N6O.HI/c1-6-20-18(22-13-17-23-14-24-25(17)5)21-11-12-26-16-10-8-7-9-15(16)19(2,3)4;/h7-10,14H,6,11-13H2,1-5H3,(H2,20,21,22);1H. The van der Waals surface area contributed by atoms with E-state index in [1.807, 2.05) is 32.2 Å². The highest BCUT2D eigenvalue weighted by atomic mass is 127. The van der Waals surface area contributed by atoms with Crippen LogP contribution in [0, 0.1) is 0 Å². The number of halogens is 1. The second-order valence-electron chi connectivity index (χ2n) is 7.02. The summed E-state index contributed by atoms with van der Waals surface area (Å²) in [6.45, 7) is 11.1. The van der Waals surface area contributed by atoms with E-state index < -0.39 is 0 Å². The lowest BCUT2D eigenvalue weighted by Crippen LogP contribution is -2.39. The summed E-state index contributed by atoms with van der Waals surface area (Å²) < 4.78 is 7.71. The molecule has 2 N–H and O–H groups in total. The van der Waals surface area contributed by atoms with Crippen LogP contribution in [0.2, 0.25) is 0 Å². The third-order valence-corrected chi connectivity index (χ3v) is 3.88. The Morgan fingerprint density at radius 1 is 1.22 bits per heavy atom. The molecule has 0 saturated heterocycles. The fourth-order valence-electron chi connectivity index (χ4n) is 2.50. The number of aliphatic imine (C=N–C) groups is 1. The molecule has 0 aliphatic carbocycles. The Morgan fingerprint density at radius 3 is 2.59 bits per heavy atom. The molecule has 8 heteroatoms. The predicted octanol–water partition coefficient (Wildman–Crippen LogP) is 2.86. The van der Waals surface area contributed by atoms with Crippen LogP contribution in [0.15, 0.2) is 35.6 Å². The lowest BCUT2D eigenvalue weighted by molar-refractivity contribution is 0.313. The minimum Gasteiger partial charge on any atom is -0.491 e. The Morgan fingerprint density at radius 2 is 1.96 bits per heavy atom. The summed E-state index contributed by atoms with van der Waals surface area (Å²) in [5.74, 6) is 2.49. The van der Waals surface area contributed by atoms with E-state index >= 15 is 0 Å². The SMILES string of the molecule is CCNC(=NCc1ncnn1C)NCCOc1ccccc1C(C)(C)C.I. The van der Waals surface area contributed by atoms with E-state index in [0.29, 0.717) is 19.7 Å². The molecule has 1 aromatic heterocycles. The summed E-state index contributed by atoms with van der Waals surface area (Å²) in [6.07, 6.45) is 1.53. The van der Waals surface area contributed by atoms with Crippen LogP contribution in [0.1, 0.15) is 39.1 Å². The van der Waals surface area contributed by atoms with Crippen molar-refractivity contribution in [1.29, 1.82) is 0 Å². The van der Waals surface area contributed by atoms with Gasteiger partial charge in [0.25, 0.3) is 0 Å². The van der Waals surface area contributed by atoms with Crippen LogP contribution in [-0.4, -0.2) is 40.4 Å². The van der Waals surface area contributed by atoms with Crippen LogP contribution >= 0.6 is 24.0 Å². The quantitative estimate of drug-likeness (QED) is 0.273. The number of nitrogens with zero attached hydrogens (tertiary/aromatic N) is 4. The van der Waals surface area contributed by atoms with E-state index in [0.717, 1.165) is 24.1 Å². The molecule has 0 aliphatic rings. The van der Waals surface area contributed by atoms with Gasteiger partial charge < -0.3 is 15.4 Å². The van der Waals surface area contributed by atoms with Crippen LogP contribution in [-0.2, 0) is 19.0 Å². The molecule has 0 atom stereocenters. The molecular formula is C19H31IN6O. The molecular weight excluding hydrogens is 455 g/mol.